The first-order valence-electron chi connectivity index (χ1n) is 14.7. The number of hydrogen-bond acceptors (Lipinski definition) is 8. The maximum atomic E-state index is 9.06. The number of rotatable bonds is 6. The van der Waals surface area contributed by atoms with Crippen LogP contribution in [0.15, 0.2) is 91.5 Å². The number of nitriles is 1. The lowest BCUT2D eigenvalue weighted by Crippen LogP contribution is -2.38. The van der Waals surface area contributed by atoms with Crippen LogP contribution in [0.3, 0.4) is 0 Å². The maximum absolute atomic E-state index is 9.06. The SMILES string of the molecule is N#Cc1nccc(NC2CCN(Cc3ccc(-c4cnc5c(c4-c4ccccc4)CCOc4cnccc4-5)cc3)CC2)n1. The van der Waals surface area contributed by atoms with Crippen molar-refractivity contribution in [3.05, 3.63) is 108 Å². The van der Waals surface area contributed by atoms with E-state index in [9.17, 15) is 0 Å². The molecule has 2 aromatic carbocycles. The van der Waals surface area contributed by atoms with Crippen LogP contribution in [0, 0.1) is 11.3 Å². The van der Waals surface area contributed by atoms with Crippen molar-refractivity contribution in [2.24, 2.45) is 0 Å². The van der Waals surface area contributed by atoms with Crippen LogP contribution in [0.4, 0.5) is 5.82 Å². The molecule has 1 fully saturated rings. The Morgan fingerprint density at radius 3 is 2.53 bits per heavy atom. The molecule has 5 heterocycles. The molecule has 7 rings (SSSR count). The molecule has 0 bridgehead atoms. The van der Waals surface area contributed by atoms with Crippen LogP contribution in [0.5, 0.6) is 5.75 Å². The lowest BCUT2D eigenvalue weighted by molar-refractivity contribution is 0.211. The van der Waals surface area contributed by atoms with Gasteiger partial charge >= 0.3 is 0 Å². The summed E-state index contributed by atoms with van der Waals surface area (Å²) in [5.74, 6) is 1.70. The molecule has 0 amide bonds. The van der Waals surface area contributed by atoms with Crippen molar-refractivity contribution < 1.29 is 4.74 Å². The minimum Gasteiger partial charge on any atom is -0.491 e. The number of aromatic nitrogens is 4. The standard InChI is InChI=1S/C35H31N7O/c36-20-33-38-16-11-32(41-33)40-27-12-17-42(18-13-27)23-24-6-8-25(9-7-24)30-21-39-35-28-10-15-37-22-31(28)43-19-14-29(35)34(30)26-4-2-1-3-5-26/h1-11,15-16,21-22,27H,12-14,17-19,23H2,(H,38,40,41). The van der Waals surface area contributed by atoms with Gasteiger partial charge in [0.05, 0.1) is 18.5 Å². The molecule has 0 unspecified atom stereocenters. The Labute approximate surface area is 251 Å². The summed E-state index contributed by atoms with van der Waals surface area (Å²) in [6, 6.07) is 25.7. The number of anilines is 1. The van der Waals surface area contributed by atoms with Crippen molar-refractivity contribution in [1.29, 1.82) is 5.26 Å². The van der Waals surface area contributed by atoms with E-state index in [1.807, 2.05) is 24.4 Å². The van der Waals surface area contributed by atoms with Crippen LogP contribution in [-0.4, -0.2) is 50.6 Å². The van der Waals surface area contributed by atoms with Gasteiger partial charge in [0.15, 0.2) is 0 Å². The van der Waals surface area contributed by atoms with Crippen molar-refractivity contribution in [2.45, 2.75) is 31.8 Å². The highest BCUT2D eigenvalue weighted by atomic mass is 16.5. The summed E-state index contributed by atoms with van der Waals surface area (Å²) in [4.78, 5) is 20.0. The number of ether oxygens (including phenoxy) is 1. The lowest BCUT2D eigenvalue weighted by atomic mass is 9.88. The van der Waals surface area contributed by atoms with Crippen LogP contribution in [0.2, 0.25) is 0 Å². The van der Waals surface area contributed by atoms with E-state index in [-0.39, 0.29) is 5.82 Å². The maximum Gasteiger partial charge on any atom is 0.234 e. The van der Waals surface area contributed by atoms with Crippen LogP contribution in [0.1, 0.15) is 29.8 Å². The second-order valence-electron chi connectivity index (χ2n) is 11.0. The first-order chi connectivity index (χ1) is 21.2. The van der Waals surface area contributed by atoms with Gasteiger partial charge in [-0.3, -0.25) is 14.9 Å². The molecule has 43 heavy (non-hydrogen) atoms. The van der Waals surface area contributed by atoms with Crippen LogP contribution < -0.4 is 10.1 Å². The number of likely N-dealkylation sites (tertiary alicyclic amines) is 1. The molecule has 0 saturated carbocycles. The van der Waals surface area contributed by atoms with E-state index in [2.05, 4.69) is 79.8 Å². The zero-order valence-corrected chi connectivity index (χ0v) is 23.8. The lowest BCUT2D eigenvalue weighted by Gasteiger charge is -2.32. The van der Waals surface area contributed by atoms with Gasteiger partial charge in [0.25, 0.3) is 0 Å². The monoisotopic (exact) mass is 565 g/mol. The summed E-state index contributed by atoms with van der Waals surface area (Å²) in [7, 11) is 0. The third-order valence-corrected chi connectivity index (χ3v) is 8.26. The molecule has 8 heteroatoms. The molecule has 3 aromatic heterocycles. The van der Waals surface area contributed by atoms with Gasteiger partial charge in [0, 0.05) is 61.8 Å². The largest absolute Gasteiger partial charge is 0.491 e. The second kappa shape index (κ2) is 12.0. The van der Waals surface area contributed by atoms with E-state index in [4.69, 9.17) is 15.0 Å². The smallest absolute Gasteiger partial charge is 0.234 e. The molecule has 8 nitrogen and oxygen atoms in total. The van der Waals surface area contributed by atoms with Crippen LogP contribution in [-0.2, 0) is 13.0 Å². The highest BCUT2D eigenvalue weighted by Crippen LogP contribution is 2.42. The van der Waals surface area contributed by atoms with Crippen molar-refractivity contribution in [3.63, 3.8) is 0 Å². The predicted octanol–water partition coefficient (Wildman–Crippen LogP) is 6.15. The van der Waals surface area contributed by atoms with Gasteiger partial charge in [0.2, 0.25) is 5.82 Å². The third-order valence-electron chi connectivity index (χ3n) is 8.26. The minimum absolute atomic E-state index is 0.195. The molecule has 2 aliphatic rings. The van der Waals surface area contributed by atoms with Gasteiger partial charge < -0.3 is 10.1 Å². The quantitative estimate of drug-likeness (QED) is 0.262. The fourth-order valence-electron chi connectivity index (χ4n) is 6.12. The Morgan fingerprint density at radius 2 is 1.72 bits per heavy atom. The molecular weight excluding hydrogens is 534 g/mol. The molecule has 0 spiro atoms. The summed E-state index contributed by atoms with van der Waals surface area (Å²) in [6.45, 7) is 3.50. The van der Waals surface area contributed by atoms with Gasteiger partial charge in [-0.1, -0.05) is 54.6 Å². The third kappa shape index (κ3) is 5.68. The fourth-order valence-corrected chi connectivity index (χ4v) is 6.12. The fraction of sp³-hybridized carbons (Fsp3) is 0.229. The van der Waals surface area contributed by atoms with Crippen molar-refractivity contribution >= 4 is 5.82 Å². The summed E-state index contributed by atoms with van der Waals surface area (Å²) in [5, 5.41) is 12.5. The van der Waals surface area contributed by atoms with E-state index in [1.165, 1.54) is 22.3 Å². The summed E-state index contributed by atoms with van der Waals surface area (Å²) in [5.41, 5.74) is 9.14. The highest BCUT2D eigenvalue weighted by molar-refractivity contribution is 5.90. The van der Waals surface area contributed by atoms with Gasteiger partial charge in [-0.25, -0.2) is 9.97 Å². The average Bonchev–Trinajstić information content (AvgIpc) is 3.26. The zero-order valence-electron chi connectivity index (χ0n) is 23.8. The van der Waals surface area contributed by atoms with Crippen LogP contribution >= 0.6 is 0 Å². The molecule has 1 N–H and O–H groups in total. The summed E-state index contributed by atoms with van der Waals surface area (Å²) < 4.78 is 6.07. The first kappa shape index (κ1) is 26.7. The number of benzene rings is 2. The molecular formula is C35H31N7O. The second-order valence-corrected chi connectivity index (χ2v) is 11.0. The molecule has 212 valence electrons. The van der Waals surface area contributed by atoms with Crippen LogP contribution in [0.25, 0.3) is 33.5 Å². The Balaban J connectivity index is 1.10. The minimum atomic E-state index is 0.195. The van der Waals surface area contributed by atoms with Crippen molar-refractivity contribution in [2.75, 3.05) is 25.0 Å². The molecule has 5 aromatic rings. The van der Waals surface area contributed by atoms with E-state index in [1.54, 1.807) is 18.6 Å². The molecule has 0 radical (unpaired) electrons. The first-order valence-corrected chi connectivity index (χ1v) is 14.7. The molecule has 0 aliphatic carbocycles. The van der Waals surface area contributed by atoms with Gasteiger partial charge in [-0.15, -0.1) is 0 Å². The molecule has 2 aliphatic heterocycles. The Bertz CT molecular complexity index is 1780. The number of nitrogens with zero attached hydrogens (tertiary/aromatic N) is 6. The summed E-state index contributed by atoms with van der Waals surface area (Å²) >= 11 is 0. The zero-order chi connectivity index (χ0) is 29.0. The van der Waals surface area contributed by atoms with Gasteiger partial charge in [-0.2, -0.15) is 5.26 Å². The number of nitrogens with one attached hydrogen (secondary N) is 1. The normalized spacial score (nSPS) is 15.0. The molecule has 1 saturated heterocycles. The van der Waals surface area contributed by atoms with E-state index in [0.29, 0.717) is 12.6 Å². The average molecular weight is 566 g/mol. The number of piperidine rings is 1. The number of fused-ring (bicyclic) bond motifs is 3. The Kier molecular flexibility index (Phi) is 7.47. The van der Waals surface area contributed by atoms with Gasteiger partial charge in [-0.05, 0) is 52.8 Å². The van der Waals surface area contributed by atoms with E-state index in [0.717, 1.165) is 72.8 Å². The number of pyridine rings is 2. The van der Waals surface area contributed by atoms with Crippen molar-refractivity contribution in [1.82, 2.24) is 24.8 Å². The highest BCUT2D eigenvalue weighted by Gasteiger charge is 2.24. The topological polar surface area (TPSA) is 99.9 Å². The van der Waals surface area contributed by atoms with Crippen molar-refractivity contribution in [3.8, 4) is 45.3 Å². The Morgan fingerprint density at radius 1 is 0.884 bits per heavy atom. The van der Waals surface area contributed by atoms with E-state index < -0.39 is 0 Å². The molecule has 0 atom stereocenters. The number of hydrogen-bond donors (Lipinski definition) is 1. The van der Waals surface area contributed by atoms with E-state index >= 15 is 0 Å². The summed E-state index contributed by atoms with van der Waals surface area (Å²) in [6.07, 6.45) is 10.0. The Hall–Kier alpha value is -5.13. The van der Waals surface area contributed by atoms with Gasteiger partial charge in [0.1, 0.15) is 17.6 Å². The predicted molar refractivity (Wildman–Crippen MR) is 166 cm³/mol.